The summed E-state index contributed by atoms with van der Waals surface area (Å²) < 4.78 is 3.30. The molecule has 2 aliphatic rings. The number of aromatic nitrogens is 5. The summed E-state index contributed by atoms with van der Waals surface area (Å²) in [4.78, 5) is 39.5. The molecule has 3 aromatic heterocycles. The van der Waals surface area contributed by atoms with E-state index in [1.165, 1.54) is 5.56 Å². The highest BCUT2D eigenvalue weighted by Crippen LogP contribution is 2.49. The molecule has 0 atom stereocenters. The quantitative estimate of drug-likeness (QED) is 0.407. The van der Waals surface area contributed by atoms with Crippen LogP contribution in [0.4, 0.5) is 11.6 Å². The average molecular weight is 496 g/mol. The van der Waals surface area contributed by atoms with Crippen molar-refractivity contribution >= 4 is 28.6 Å². The highest BCUT2D eigenvalue weighted by Gasteiger charge is 2.49. The zero-order valence-electron chi connectivity index (χ0n) is 21.2. The fourth-order valence-corrected chi connectivity index (χ4v) is 5.05. The van der Waals surface area contributed by atoms with Crippen molar-refractivity contribution in [3.05, 3.63) is 82.4 Å². The lowest BCUT2D eigenvalue weighted by molar-refractivity contribution is -0.122. The van der Waals surface area contributed by atoms with Crippen LogP contribution in [0, 0.1) is 0 Å². The molecule has 188 valence electrons. The third-order valence-electron chi connectivity index (χ3n) is 7.05. The Kier molecular flexibility index (Phi) is 5.08. The second-order valence-electron chi connectivity index (χ2n) is 10.9. The zero-order valence-corrected chi connectivity index (χ0v) is 21.2. The second kappa shape index (κ2) is 8.12. The van der Waals surface area contributed by atoms with E-state index in [2.05, 4.69) is 49.0 Å². The fourth-order valence-electron chi connectivity index (χ4n) is 5.05. The predicted octanol–water partition coefficient (Wildman–Crippen LogP) is 3.87. The van der Waals surface area contributed by atoms with Crippen molar-refractivity contribution in [2.24, 2.45) is 0 Å². The Hall–Kier alpha value is -4.27. The zero-order chi connectivity index (χ0) is 25.9. The lowest BCUT2D eigenvalue weighted by atomic mass is 9.91. The Morgan fingerprint density at radius 3 is 2.70 bits per heavy atom. The number of allylic oxidation sites excluding steroid dienone is 1. The molecule has 6 rings (SSSR count). The summed E-state index contributed by atoms with van der Waals surface area (Å²) >= 11 is 0. The Morgan fingerprint density at radius 1 is 1.16 bits per heavy atom. The number of anilines is 2. The number of carbonyl (C=O) groups is 1. The van der Waals surface area contributed by atoms with E-state index in [1.807, 2.05) is 30.3 Å². The molecule has 37 heavy (non-hydrogen) atoms. The van der Waals surface area contributed by atoms with Gasteiger partial charge in [0.1, 0.15) is 5.39 Å². The standard InChI is InChI=1S/C28H29N7O2/c1-5-13-34-25(37)19-16-29-26(32-24(19)35(34)22-8-6-7-21(31-22)27(2,3)4)30-18-9-10-20-17(14-18)15-23(36)33-28(20)11-12-28/h5-10,14,16H,1,11-13,15H2,2-4H3,(H,33,36)(H,29,30,32). The first kappa shape index (κ1) is 23.1. The van der Waals surface area contributed by atoms with Crippen LogP contribution in [0.2, 0.25) is 0 Å². The van der Waals surface area contributed by atoms with Crippen molar-refractivity contribution in [3.63, 3.8) is 0 Å². The molecule has 1 aliphatic heterocycles. The largest absolute Gasteiger partial charge is 0.346 e. The van der Waals surface area contributed by atoms with E-state index in [0.717, 1.165) is 29.8 Å². The van der Waals surface area contributed by atoms with E-state index in [1.54, 1.807) is 21.6 Å². The van der Waals surface area contributed by atoms with E-state index >= 15 is 0 Å². The molecule has 0 saturated heterocycles. The first-order valence-electron chi connectivity index (χ1n) is 12.5. The molecule has 1 aliphatic carbocycles. The van der Waals surface area contributed by atoms with Gasteiger partial charge in [0.2, 0.25) is 11.9 Å². The number of hydrogen-bond donors (Lipinski definition) is 2. The Labute approximate surface area is 214 Å². The van der Waals surface area contributed by atoms with Crippen molar-refractivity contribution in [2.75, 3.05) is 5.32 Å². The molecule has 9 heteroatoms. The number of nitrogens with zero attached hydrogens (tertiary/aromatic N) is 5. The third-order valence-corrected chi connectivity index (χ3v) is 7.05. The molecule has 1 fully saturated rings. The van der Waals surface area contributed by atoms with Gasteiger partial charge in [-0.05, 0) is 48.2 Å². The maximum atomic E-state index is 13.3. The van der Waals surface area contributed by atoms with Crippen LogP contribution >= 0.6 is 0 Å². The molecule has 0 unspecified atom stereocenters. The van der Waals surface area contributed by atoms with Gasteiger partial charge in [-0.25, -0.2) is 19.3 Å². The minimum atomic E-state index is -0.209. The molecule has 4 aromatic rings. The lowest BCUT2D eigenvalue weighted by Gasteiger charge is -2.27. The molecule has 1 spiro atoms. The highest BCUT2D eigenvalue weighted by atomic mass is 16.2. The summed E-state index contributed by atoms with van der Waals surface area (Å²) in [6.07, 6.45) is 5.52. The summed E-state index contributed by atoms with van der Waals surface area (Å²) in [5.74, 6) is 1.00. The minimum Gasteiger partial charge on any atom is -0.346 e. The normalized spacial score (nSPS) is 15.9. The number of carbonyl (C=O) groups excluding carboxylic acids is 1. The molecule has 1 saturated carbocycles. The Balaban J connectivity index is 1.43. The summed E-state index contributed by atoms with van der Waals surface area (Å²) in [6, 6.07) is 11.8. The molecule has 0 bridgehead atoms. The van der Waals surface area contributed by atoms with Gasteiger partial charge >= 0.3 is 0 Å². The third kappa shape index (κ3) is 3.91. The monoisotopic (exact) mass is 495 g/mol. The Bertz CT molecular complexity index is 1640. The van der Waals surface area contributed by atoms with Crippen LogP contribution in [-0.2, 0) is 28.7 Å². The summed E-state index contributed by atoms with van der Waals surface area (Å²) in [5, 5.41) is 6.79. The van der Waals surface area contributed by atoms with Crippen LogP contribution in [0.3, 0.4) is 0 Å². The molecule has 1 aromatic carbocycles. The van der Waals surface area contributed by atoms with E-state index in [9.17, 15) is 9.59 Å². The summed E-state index contributed by atoms with van der Waals surface area (Å²) in [7, 11) is 0. The lowest BCUT2D eigenvalue weighted by Crippen LogP contribution is -2.41. The molecule has 9 nitrogen and oxygen atoms in total. The number of nitrogens with one attached hydrogen (secondary N) is 2. The fraction of sp³-hybridized carbons (Fsp3) is 0.321. The van der Waals surface area contributed by atoms with Crippen molar-refractivity contribution in [3.8, 4) is 5.82 Å². The SMILES string of the molecule is C=CCn1c(=O)c2cnc(Nc3ccc4c(c3)CC(=O)NC43CC3)nc2n1-c1cccc(C(C)(C)C)n1. The number of amides is 1. The van der Waals surface area contributed by atoms with Crippen molar-refractivity contribution in [1.29, 1.82) is 0 Å². The van der Waals surface area contributed by atoms with Crippen molar-refractivity contribution < 1.29 is 4.79 Å². The first-order chi connectivity index (χ1) is 17.7. The second-order valence-corrected chi connectivity index (χ2v) is 10.9. The van der Waals surface area contributed by atoms with E-state index in [-0.39, 0.29) is 22.4 Å². The number of benzene rings is 1. The molecular weight excluding hydrogens is 466 g/mol. The topological polar surface area (TPSA) is 107 Å². The molecule has 1 amide bonds. The van der Waals surface area contributed by atoms with E-state index in [0.29, 0.717) is 35.8 Å². The van der Waals surface area contributed by atoms with Crippen LogP contribution in [0.25, 0.3) is 16.9 Å². The minimum absolute atomic E-state index is 0.0531. The summed E-state index contributed by atoms with van der Waals surface area (Å²) in [6.45, 7) is 10.4. The number of fused-ring (bicyclic) bond motifs is 3. The summed E-state index contributed by atoms with van der Waals surface area (Å²) in [5.41, 5.74) is 3.80. The van der Waals surface area contributed by atoms with Gasteiger partial charge in [0, 0.05) is 23.0 Å². The van der Waals surface area contributed by atoms with Gasteiger partial charge in [-0.3, -0.25) is 9.59 Å². The van der Waals surface area contributed by atoms with Gasteiger partial charge < -0.3 is 10.6 Å². The smallest absolute Gasteiger partial charge is 0.278 e. The van der Waals surface area contributed by atoms with Gasteiger partial charge in [-0.1, -0.05) is 39.0 Å². The van der Waals surface area contributed by atoms with Gasteiger partial charge in [0.05, 0.1) is 18.5 Å². The van der Waals surface area contributed by atoms with Gasteiger partial charge in [-0.2, -0.15) is 4.98 Å². The molecule has 4 heterocycles. The molecular formula is C28H29N7O2. The maximum Gasteiger partial charge on any atom is 0.278 e. The van der Waals surface area contributed by atoms with Gasteiger partial charge in [0.15, 0.2) is 11.5 Å². The van der Waals surface area contributed by atoms with E-state index in [4.69, 9.17) is 9.97 Å². The van der Waals surface area contributed by atoms with E-state index < -0.39 is 0 Å². The van der Waals surface area contributed by atoms with Crippen LogP contribution in [0.1, 0.15) is 50.4 Å². The van der Waals surface area contributed by atoms with Gasteiger partial charge in [-0.15, -0.1) is 6.58 Å². The maximum absolute atomic E-state index is 13.3. The number of rotatable bonds is 5. The molecule has 2 N–H and O–H groups in total. The molecule has 0 radical (unpaired) electrons. The van der Waals surface area contributed by atoms with Crippen molar-refractivity contribution in [1.82, 2.24) is 29.6 Å². The number of hydrogen-bond acceptors (Lipinski definition) is 6. The van der Waals surface area contributed by atoms with Crippen LogP contribution < -0.4 is 16.2 Å². The van der Waals surface area contributed by atoms with Gasteiger partial charge in [0.25, 0.3) is 5.56 Å². The van der Waals surface area contributed by atoms with Crippen LogP contribution in [0.5, 0.6) is 0 Å². The number of pyridine rings is 1. The highest BCUT2D eigenvalue weighted by molar-refractivity contribution is 5.84. The predicted molar refractivity (Wildman–Crippen MR) is 142 cm³/mol. The first-order valence-corrected chi connectivity index (χ1v) is 12.5. The average Bonchev–Trinajstić information content (AvgIpc) is 3.56. The van der Waals surface area contributed by atoms with Crippen LogP contribution in [-0.4, -0.2) is 30.2 Å². The Morgan fingerprint density at radius 2 is 1.97 bits per heavy atom. The van der Waals surface area contributed by atoms with Crippen molar-refractivity contribution in [2.45, 2.75) is 57.5 Å². The van der Waals surface area contributed by atoms with Crippen LogP contribution in [0.15, 0.2) is 60.0 Å².